The molecule has 0 spiro atoms. The van der Waals surface area contributed by atoms with E-state index in [4.69, 9.17) is 4.74 Å². The first-order valence-electron chi connectivity index (χ1n) is 7.74. The van der Waals surface area contributed by atoms with Crippen LogP contribution in [0.5, 0.6) is 0 Å². The first kappa shape index (κ1) is 15.8. The summed E-state index contributed by atoms with van der Waals surface area (Å²) >= 11 is 0. The van der Waals surface area contributed by atoms with Crippen LogP contribution in [0.2, 0.25) is 0 Å². The Morgan fingerprint density at radius 2 is 2.00 bits per heavy atom. The van der Waals surface area contributed by atoms with Crippen LogP contribution in [0.25, 0.3) is 0 Å². The molecule has 1 aromatic rings. The van der Waals surface area contributed by atoms with E-state index in [2.05, 4.69) is 17.1 Å². The van der Waals surface area contributed by atoms with Gasteiger partial charge in [-0.1, -0.05) is 6.07 Å². The number of hydrogen-bond donors (Lipinski definition) is 0. The second-order valence-corrected chi connectivity index (χ2v) is 6.89. The molecule has 1 saturated heterocycles. The van der Waals surface area contributed by atoms with Crippen LogP contribution >= 0.6 is 0 Å². The molecule has 0 aliphatic carbocycles. The van der Waals surface area contributed by atoms with Crippen LogP contribution in [0.15, 0.2) is 18.2 Å². The van der Waals surface area contributed by atoms with Crippen LogP contribution in [0.3, 0.4) is 0 Å². The highest BCUT2D eigenvalue weighted by Gasteiger charge is 2.26. The van der Waals surface area contributed by atoms with E-state index in [1.807, 2.05) is 38.7 Å². The summed E-state index contributed by atoms with van der Waals surface area (Å²) in [7, 11) is 0. The van der Waals surface area contributed by atoms with Crippen molar-refractivity contribution in [3.05, 3.63) is 29.6 Å². The molecule has 1 fully saturated rings. The first-order chi connectivity index (χ1) is 9.83. The number of aromatic nitrogens is 1. The summed E-state index contributed by atoms with van der Waals surface area (Å²) in [6.07, 6.45) is 2.86. The van der Waals surface area contributed by atoms with Crippen LogP contribution in [-0.2, 0) is 11.2 Å². The van der Waals surface area contributed by atoms with Gasteiger partial charge in [0.25, 0.3) is 0 Å². The maximum Gasteiger partial charge on any atom is 0.410 e. The van der Waals surface area contributed by atoms with E-state index in [1.165, 1.54) is 0 Å². The van der Waals surface area contributed by atoms with Crippen LogP contribution in [0.1, 0.15) is 45.0 Å². The third kappa shape index (κ3) is 5.03. The quantitative estimate of drug-likeness (QED) is 0.836. The topological polar surface area (TPSA) is 42.4 Å². The lowest BCUT2D eigenvalue weighted by Crippen LogP contribution is -2.42. The van der Waals surface area contributed by atoms with Gasteiger partial charge in [-0.3, -0.25) is 4.98 Å². The highest BCUT2D eigenvalue weighted by Crippen LogP contribution is 2.22. The molecule has 4 nitrogen and oxygen atoms in total. The van der Waals surface area contributed by atoms with E-state index in [0.717, 1.165) is 43.7 Å². The molecule has 1 aromatic heterocycles. The summed E-state index contributed by atoms with van der Waals surface area (Å²) in [5.74, 6) is 0.609. The molecule has 1 aliphatic heterocycles. The molecule has 0 aromatic carbocycles. The summed E-state index contributed by atoms with van der Waals surface area (Å²) < 4.78 is 5.42. The number of hydrogen-bond acceptors (Lipinski definition) is 3. The summed E-state index contributed by atoms with van der Waals surface area (Å²) in [6, 6.07) is 6.18. The number of carbonyl (C=O) groups is 1. The van der Waals surface area contributed by atoms with Crippen molar-refractivity contribution in [2.75, 3.05) is 13.1 Å². The van der Waals surface area contributed by atoms with Gasteiger partial charge in [0, 0.05) is 24.5 Å². The predicted molar refractivity (Wildman–Crippen MR) is 83.2 cm³/mol. The number of ether oxygens (including phenoxy) is 1. The molecule has 0 bridgehead atoms. The minimum Gasteiger partial charge on any atom is -0.444 e. The van der Waals surface area contributed by atoms with Gasteiger partial charge in [-0.15, -0.1) is 0 Å². The Balaban J connectivity index is 1.82. The molecule has 0 atom stereocenters. The van der Waals surface area contributed by atoms with Crippen molar-refractivity contribution in [3.8, 4) is 0 Å². The molecule has 0 saturated carbocycles. The molecule has 2 heterocycles. The van der Waals surface area contributed by atoms with Crippen molar-refractivity contribution in [1.82, 2.24) is 9.88 Å². The van der Waals surface area contributed by atoms with E-state index in [1.54, 1.807) is 0 Å². The van der Waals surface area contributed by atoms with E-state index in [0.29, 0.717) is 5.92 Å². The maximum absolute atomic E-state index is 12.0. The second-order valence-electron chi connectivity index (χ2n) is 6.89. The predicted octanol–water partition coefficient (Wildman–Crippen LogP) is 3.58. The van der Waals surface area contributed by atoms with Gasteiger partial charge in [0.15, 0.2) is 0 Å². The minimum atomic E-state index is -0.417. The average molecular weight is 290 g/mol. The monoisotopic (exact) mass is 290 g/mol. The number of likely N-dealkylation sites (tertiary alicyclic amines) is 1. The van der Waals surface area contributed by atoms with Gasteiger partial charge in [0.1, 0.15) is 5.60 Å². The zero-order valence-corrected chi connectivity index (χ0v) is 13.6. The highest BCUT2D eigenvalue weighted by molar-refractivity contribution is 5.68. The van der Waals surface area contributed by atoms with Crippen LogP contribution in [0.4, 0.5) is 4.79 Å². The fourth-order valence-corrected chi connectivity index (χ4v) is 2.66. The third-order valence-corrected chi connectivity index (χ3v) is 3.71. The standard InChI is InChI=1S/C17H26N2O2/c1-13-6-5-7-15(18-13)12-14-8-10-19(11-9-14)16(20)21-17(2,3)4/h5-7,14H,8-12H2,1-4H3. The van der Waals surface area contributed by atoms with Crippen LogP contribution < -0.4 is 0 Å². The Bertz CT molecular complexity index is 486. The molecule has 0 unspecified atom stereocenters. The maximum atomic E-state index is 12.0. The van der Waals surface area contributed by atoms with Crippen molar-refractivity contribution >= 4 is 6.09 Å². The SMILES string of the molecule is Cc1cccc(CC2CCN(C(=O)OC(C)(C)C)CC2)n1. The van der Waals surface area contributed by atoms with Gasteiger partial charge < -0.3 is 9.64 Å². The lowest BCUT2D eigenvalue weighted by molar-refractivity contribution is 0.0184. The molecule has 4 heteroatoms. The Labute approximate surface area is 127 Å². The molecule has 116 valence electrons. The van der Waals surface area contributed by atoms with Crippen molar-refractivity contribution < 1.29 is 9.53 Å². The first-order valence-corrected chi connectivity index (χ1v) is 7.74. The Morgan fingerprint density at radius 1 is 1.33 bits per heavy atom. The summed E-state index contributed by atoms with van der Waals surface area (Å²) in [4.78, 5) is 18.4. The number of nitrogens with zero attached hydrogens (tertiary/aromatic N) is 2. The molecule has 0 N–H and O–H groups in total. The molecular formula is C17H26N2O2. The van der Waals surface area contributed by atoms with E-state index in [9.17, 15) is 4.79 Å². The summed E-state index contributed by atoms with van der Waals surface area (Å²) in [6.45, 7) is 9.30. The average Bonchev–Trinajstić information content (AvgIpc) is 2.37. The summed E-state index contributed by atoms with van der Waals surface area (Å²) in [5.41, 5.74) is 1.81. The molecule has 1 aliphatic rings. The second kappa shape index (κ2) is 6.46. The van der Waals surface area contributed by atoms with Gasteiger partial charge in [-0.05, 0) is 65.0 Å². The van der Waals surface area contributed by atoms with Gasteiger partial charge in [0.05, 0.1) is 0 Å². The molecular weight excluding hydrogens is 264 g/mol. The van der Waals surface area contributed by atoms with Crippen molar-refractivity contribution in [3.63, 3.8) is 0 Å². The van der Waals surface area contributed by atoms with E-state index in [-0.39, 0.29) is 6.09 Å². The highest BCUT2D eigenvalue weighted by atomic mass is 16.6. The van der Waals surface area contributed by atoms with E-state index >= 15 is 0 Å². The normalized spacial score (nSPS) is 16.9. The van der Waals surface area contributed by atoms with Gasteiger partial charge in [-0.25, -0.2) is 4.79 Å². The Hall–Kier alpha value is -1.58. The fraction of sp³-hybridized carbons (Fsp3) is 0.647. The molecule has 0 radical (unpaired) electrons. The van der Waals surface area contributed by atoms with Gasteiger partial charge >= 0.3 is 6.09 Å². The number of piperidine rings is 1. The smallest absolute Gasteiger partial charge is 0.410 e. The third-order valence-electron chi connectivity index (χ3n) is 3.71. The van der Waals surface area contributed by atoms with E-state index < -0.39 is 5.60 Å². The fourth-order valence-electron chi connectivity index (χ4n) is 2.66. The zero-order chi connectivity index (χ0) is 15.5. The lowest BCUT2D eigenvalue weighted by Gasteiger charge is -2.33. The summed E-state index contributed by atoms with van der Waals surface area (Å²) in [5, 5.41) is 0. The molecule has 21 heavy (non-hydrogen) atoms. The van der Waals surface area contributed by atoms with Crippen LogP contribution in [-0.4, -0.2) is 34.7 Å². The van der Waals surface area contributed by atoms with Gasteiger partial charge in [0.2, 0.25) is 0 Å². The number of pyridine rings is 1. The van der Waals surface area contributed by atoms with Crippen molar-refractivity contribution in [2.24, 2.45) is 5.92 Å². The van der Waals surface area contributed by atoms with Crippen molar-refractivity contribution in [1.29, 1.82) is 0 Å². The van der Waals surface area contributed by atoms with Gasteiger partial charge in [-0.2, -0.15) is 0 Å². The minimum absolute atomic E-state index is 0.186. The van der Waals surface area contributed by atoms with Crippen LogP contribution in [0, 0.1) is 12.8 Å². The Morgan fingerprint density at radius 3 is 2.57 bits per heavy atom. The number of rotatable bonds is 2. The Kier molecular flexibility index (Phi) is 4.86. The number of amides is 1. The largest absolute Gasteiger partial charge is 0.444 e. The number of aryl methyl sites for hydroxylation is 1. The lowest BCUT2D eigenvalue weighted by atomic mass is 9.92. The molecule has 1 amide bonds. The number of carbonyl (C=O) groups excluding carboxylic acids is 1. The molecule has 2 rings (SSSR count). The zero-order valence-electron chi connectivity index (χ0n) is 13.6. The van der Waals surface area contributed by atoms with Crippen molar-refractivity contribution in [2.45, 2.75) is 52.6 Å².